The van der Waals surface area contributed by atoms with Crippen LogP contribution in [0.4, 0.5) is 13.2 Å². The SMILES string of the molecule is CCC1CCC(c2cc(F)c(C3=Cc4ccc(F)cc4CC3)c(F)c2)CC1. The fourth-order valence-corrected chi connectivity index (χ4v) is 4.70. The van der Waals surface area contributed by atoms with E-state index in [0.717, 1.165) is 48.3 Å². The molecule has 2 aromatic carbocycles. The summed E-state index contributed by atoms with van der Waals surface area (Å²) in [4.78, 5) is 0. The van der Waals surface area contributed by atoms with E-state index in [-0.39, 0.29) is 17.3 Å². The fraction of sp³-hybridized carbons (Fsp3) is 0.417. The smallest absolute Gasteiger partial charge is 0.133 e. The first-order valence-electron chi connectivity index (χ1n) is 10.0. The van der Waals surface area contributed by atoms with Gasteiger partial charge in [0.15, 0.2) is 0 Å². The summed E-state index contributed by atoms with van der Waals surface area (Å²) in [6, 6.07) is 7.65. The first kappa shape index (κ1) is 18.3. The zero-order valence-corrected chi connectivity index (χ0v) is 15.7. The summed E-state index contributed by atoms with van der Waals surface area (Å²) in [5.41, 5.74) is 3.27. The molecule has 2 aliphatic rings. The average Bonchev–Trinajstić information content (AvgIpc) is 2.67. The van der Waals surface area contributed by atoms with Gasteiger partial charge in [-0.05, 0) is 96.9 Å². The molecule has 0 radical (unpaired) electrons. The second-order valence-electron chi connectivity index (χ2n) is 8.00. The summed E-state index contributed by atoms with van der Waals surface area (Å²) >= 11 is 0. The van der Waals surface area contributed by atoms with Crippen molar-refractivity contribution in [2.24, 2.45) is 5.92 Å². The van der Waals surface area contributed by atoms with Crippen molar-refractivity contribution in [3.8, 4) is 0 Å². The van der Waals surface area contributed by atoms with Gasteiger partial charge < -0.3 is 0 Å². The summed E-state index contributed by atoms with van der Waals surface area (Å²) in [5, 5.41) is 0. The molecule has 0 aromatic heterocycles. The van der Waals surface area contributed by atoms with Gasteiger partial charge >= 0.3 is 0 Å². The summed E-state index contributed by atoms with van der Waals surface area (Å²) in [7, 11) is 0. The third-order valence-corrected chi connectivity index (χ3v) is 6.38. The van der Waals surface area contributed by atoms with E-state index < -0.39 is 11.6 Å². The molecule has 0 spiro atoms. The predicted molar refractivity (Wildman–Crippen MR) is 104 cm³/mol. The molecule has 0 N–H and O–H groups in total. The maximum Gasteiger partial charge on any atom is 0.133 e. The lowest BCUT2D eigenvalue weighted by Gasteiger charge is -2.28. The highest BCUT2D eigenvalue weighted by Gasteiger charge is 2.25. The maximum atomic E-state index is 14.9. The molecule has 0 amide bonds. The van der Waals surface area contributed by atoms with Gasteiger partial charge in [0.05, 0.1) is 0 Å². The van der Waals surface area contributed by atoms with E-state index in [4.69, 9.17) is 0 Å². The lowest BCUT2D eigenvalue weighted by atomic mass is 9.77. The first-order chi connectivity index (χ1) is 13.0. The van der Waals surface area contributed by atoms with Crippen LogP contribution in [0, 0.1) is 23.4 Å². The number of halogens is 3. The van der Waals surface area contributed by atoms with Crippen LogP contribution in [0.1, 0.15) is 73.6 Å². The van der Waals surface area contributed by atoms with Gasteiger partial charge in [0.25, 0.3) is 0 Å². The molecule has 2 aromatic rings. The van der Waals surface area contributed by atoms with Gasteiger partial charge in [-0.1, -0.05) is 25.5 Å². The van der Waals surface area contributed by atoms with Crippen molar-refractivity contribution in [1.29, 1.82) is 0 Å². The van der Waals surface area contributed by atoms with Crippen LogP contribution in [0.3, 0.4) is 0 Å². The van der Waals surface area contributed by atoms with E-state index in [2.05, 4.69) is 6.92 Å². The maximum absolute atomic E-state index is 14.9. The van der Waals surface area contributed by atoms with Crippen LogP contribution in [0.2, 0.25) is 0 Å². The molecule has 3 heteroatoms. The van der Waals surface area contributed by atoms with E-state index in [1.807, 2.05) is 0 Å². The predicted octanol–water partition coefficient (Wildman–Crippen LogP) is 7.27. The van der Waals surface area contributed by atoms with Crippen LogP contribution in [-0.4, -0.2) is 0 Å². The molecular formula is C24H25F3. The molecule has 0 unspecified atom stereocenters. The quantitative estimate of drug-likeness (QED) is 0.533. The molecule has 27 heavy (non-hydrogen) atoms. The van der Waals surface area contributed by atoms with Gasteiger partial charge in [-0.25, -0.2) is 13.2 Å². The van der Waals surface area contributed by atoms with Crippen LogP contribution in [0.25, 0.3) is 11.6 Å². The number of fused-ring (bicyclic) bond motifs is 1. The molecule has 0 atom stereocenters. The summed E-state index contributed by atoms with van der Waals surface area (Å²) in [5.74, 6) is -0.202. The molecule has 1 fully saturated rings. The van der Waals surface area contributed by atoms with Crippen molar-refractivity contribution in [3.63, 3.8) is 0 Å². The standard InChI is InChI=1S/C24H25F3/c1-2-15-3-5-16(6-4-15)20-13-22(26)24(23(27)14-20)19-8-7-18-12-21(25)10-9-17(18)11-19/h9-16H,2-8H2,1H3. The van der Waals surface area contributed by atoms with Crippen LogP contribution in [0.15, 0.2) is 30.3 Å². The molecule has 0 heterocycles. The number of allylic oxidation sites excluding steroid dienone is 1. The number of hydrogen-bond donors (Lipinski definition) is 0. The Balaban J connectivity index is 1.62. The van der Waals surface area contributed by atoms with Crippen molar-refractivity contribution < 1.29 is 13.2 Å². The van der Waals surface area contributed by atoms with Crippen LogP contribution in [-0.2, 0) is 6.42 Å². The Bertz CT molecular complexity index is 850. The minimum absolute atomic E-state index is 0.0796. The first-order valence-corrected chi connectivity index (χ1v) is 10.0. The van der Waals surface area contributed by atoms with Crippen molar-refractivity contribution >= 4 is 11.6 Å². The molecule has 0 nitrogen and oxygen atoms in total. The number of rotatable bonds is 3. The van der Waals surface area contributed by atoms with E-state index in [9.17, 15) is 13.2 Å². The van der Waals surface area contributed by atoms with Gasteiger partial charge in [0.1, 0.15) is 17.5 Å². The van der Waals surface area contributed by atoms with Gasteiger partial charge in [0, 0.05) is 5.56 Å². The molecule has 4 rings (SSSR count). The Morgan fingerprint density at radius 1 is 0.889 bits per heavy atom. The Morgan fingerprint density at radius 3 is 2.26 bits per heavy atom. The Labute approximate surface area is 159 Å². The van der Waals surface area contributed by atoms with E-state index in [0.29, 0.717) is 18.4 Å². The normalized spacial score (nSPS) is 22.3. The minimum Gasteiger partial charge on any atom is -0.207 e. The molecular weight excluding hydrogens is 345 g/mol. The summed E-state index contributed by atoms with van der Waals surface area (Å²) < 4.78 is 43.2. The molecule has 2 aliphatic carbocycles. The Kier molecular flexibility index (Phi) is 5.12. The zero-order chi connectivity index (χ0) is 19.0. The molecule has 0 aliphatic heterocycles. The highest BCUT2D eigenvalue weighted by atomic mass is 19.1. The van der Waals surface area contributed by atoms with E-state index >= 15 is 0 Å². The van der Waals surface area contributed by atoms with Gasteiger partial charge in [-0.15, -0.1) is 0 Å². The molecule has 142 valence electrons. The second-order valence-corrected chi connectivity index (χ2v) is 8.00. The van der Waals surface area contributed by atoms with Crippen molar-refractivity contribution in [3.05, 3.63) is 70.0 Å². The lowest BCUT2D eigenvalue weighted by Crippen LogP contribution is -2.13. The van der Waals surface area contributed by atoms with Crippen LogP contribution < -0.4 is 0 Å². The van der Waals surface area contributed by atoms with Crippen molar-refractivity contribution in [2.45, 2.75) is 57.8 Å². The highest BCUT2D eigenvalue weighted by Crippen LogP contribution is 2.39. The van der Waals surface area contributed by atoms with Gasteiger partial charge in [-0.3, -0.25) is 0 Å². The monoisotopic (exact) mass is 370 g/mol. The third-order valence-electron chi connectivity index (χ3n) is 6.38. The second kappa shape index (κ2) is 7.53. The van der Waals surface area contributed by atoms with Gasteiger partial charge in [0.2, 0.25) is 0 Å². The fourth-order valence-electron chi connectivity index (χ4n) is 4.70. The third kappa shape index (κ3) is 3.69. The zero-order valence-electron chi connectivity index (χ0n) is 15.7. The summed E-state index contributed by atoms with van der Waals surface area (Å²) in [6.07, 6.45) is 8.41. The Morgan fingerprint density at radius 2 is 1.59 bits per heavy atom. The number of benzene rings is 2. The van der Waals surface area contributed by atoms with E-state index in [1.165, 1.54) is 30.7 Å². The van der Waals surface area contributed by atoms with Crippen LogP contribution >= 0.6 is 0 Å². The van der Waals surface area contributed by atoms with Gasteiger partial charge in [-0.2, -0.15) is 0 Å². The van der Waals surface area contributed by atoms with E-state index in [1.54, 1.807) is 12.1 Å². The topological polar surface area (TPSA) is 0 Å². The molecule has 1 saturated carbocycles. The lowest BCUT2D eigenvalue weighted by molar-refractivity contribution is 0.318. The summed E-state index contributed by atoms with van der Waals surface area (Å²) in [6.45, 7) is 2.21. The molecule has 0 bridgehead atoms. The van der Waals surface area contributed by atoms with Crippen molar-refractivity contribution in [1.82, 2.24) is 0 Å². The largest absolute Gasteiger partial charge is 0.207 e. The highest BCUT2D eigenvalue weighted by molar-refractivity contribution is 5.84. The number of hydrogen-bond acceptors (Lipinski definition) is 0. The van der Waals surface area contributed by atoms with Crippen molar-refractivity contribution in [2.75, 3.05) is 0 Å². The minimum atomic E-state index is -0.473. The average molecular weight is 370 g/mol. The number of aryl methyl sites for hydroxylation is 1. The Hall–Kier alpha value is -2.03. The molecule has 0 saturated heterocycles. The van der Waals surface area contributed by atoms with Crippen LogP contribution in [0.5, 0.6) is 0 Å².